The first-order valence-electron chi connectivity index (χ1n) is 5.94. The minimum absolute atomic E-state index is 0.0331. The van der Waals surface area contributed by atoms with Crippen molar-refractivity contribution in [3.05, 3.63) is 33.3 Å². The van der Waals surface area contributed by atoms with Crippen LogP contribution in [-0.4, -0.2) is 22.6 Å². The van der Waals surface area contributed by atoms with E-state index in [-0.39, 0.29) is 11.1 Å². The molecular weight excluding hydrogens is 312 g/mol. The second-order valence-electron chi connectivity index (χ2n) is 5.15. The Morgan fingerprint density at radius 1 is 1.26 bits per heavy atom. The third kappa shape index (κ3) is 4.06. The van der Waals surface area contributed by atoms with E-state index in [1.54, 1.807) is 20.8 Å². The largest absolute Gasteiger partial charge is 0.478 e. The van der Waals surface area contributed by atoms with Gasteiger partial charge in [0.1, 0.15) is 5.60 Å². The lowest BCUT2D eigenvalue weighted by molar-refractivity contribution is 0.00657. The van der Waals surface area contributed by atoms with Crippen LogP contribution in [0.3, 0.4) is 0 Å². The first kappa shape index (κ1) is 15.7. The number of hydrogen-bond donors (Lipinski definition) is 1. The lowest BCUT2D eigenvalue weighted by Crippen LogP contribution is -2.25. The summed E-state index contributed by atoms with van der Waals surface area (Å²) in [4.78, 5) is 23.3. The van der Waals surface area contributed by atoms with Gasteiger partial charge in [-0.25, -0.2) is 9.59 Å². The molecular formula is C14H17BrO4. The summed E-state index contributed by atoms with van der Waals surface area (Å²) in [6.45, 7) is 7.13. The molecule has 0 radical (unpaired) electrons. The number of aromatic carboxylic acids is 1. The summed E-state index contributed by atoms with van der Waals surface area (Å²) in [7, 11) is 0. The zero-order valence-electron chi connectivity index (χ0n) is 11.4. The van der Waals surface area contributed by atoms with Gasteiger partial charge in [-0.1, -0.05) is 22.9 Å². The lowest BCUT2D eigenvalue weighted by Gasteiger charge is -2.20. The topological polar surface area (TPSA) is 63.6 Å². The molecule has 0 saturated carbocycles. The minimum Gasteiger partial charge on any atom is -0.478 e. The number of carbonyl (C=O) groups is 2. The zero-order valence-corrected chi connectivity index (χ0v) is 13.0. The molecule has 1 aromatic rings. The van der Waals surface area contributed by atoms with Gasteiger partial charge < -0.3 is 9.84 Å². The van der Waals surface area contributed by atoms with Crippen LogP contribution in [0.2, 0.25) is 0 Å². The van der Waals surface area contributed by atoms with Gasteiger partial charge in [-0.3, -0.25) is 0 Å². The number of esters is 1. The van der Waals surface area contributed by atoms with E-state index in [2.05, 4.69) is 15.9 Å². The van der Waals surface area contributed by atoms with Gasteiger partial charge in [0, 0.05) is 4.47 Å². The zero-order chi connectivity index (χ0) is 14.8. The van der Waals surface area contributed by atoms with Gasteiger partial charge in [-0.05, 0) is 44.9 Å². The predicted molar refractivity (Wildman–Crippen MR) is 75.6 cm³/mol. The number of hydrogen-bond acceptors (Lipinski definition) is 3. The van der Waals surface area contributed by atoms with Gasteiger partial charge >= 0.3 is 11.9 Å². The van der Waals surface area contributed by atoms with Crippen LogP contribution in [0.25, 0.3) is 0 Å². The first-order valence-corrected chi connectivity index (χ1v) is 6.74. The number of carboxylic acid groups (broad SMARTS) is 1. The fraction of sp³-hybridized carbons (Fsp3) is 0.429. The maximum Gasteiger partial charge on any atom is 0.339 e. The van der Waals surface area contributed by atoms with Gasteiger partial charge in [0.2, 0.25) is 0 Å². The second-order valence-corrected chi connectivity index (χ2v) is 6.00. The van der Waals surface area contributed by atoms with Crippen LogP contribution in [0.15, 0.2) is 16.6 Å². The highest BCUT2D eigenvalue weighted by atomic mass is 79.9. The third-order valence-corrected chi connectivity index (χ3v) is 3.15. The number of carbonyl (C=O) groups excluding carboxylic acids is 1. The maximum absolute atomic E-state index is 12.0. The van der Waals surface area contributed by atoms with E-state index in [1.807, 2.05) is 6.92 Å². The first-order chi connectivity index (χ1) is 8.65. The van der Waals surface area contributed by atoms with Crippen molar-refractivity contribution in [3.63, 3.8) is 0 Å². The molecule has 0 aliphatic heterocycles. The van der Waals surface area contributed by atoms with Gasteiger partial charge in [0.05, 0.1) is 11.1 Å². The van der Waals surface area contributed by atoms with E-state index >= 15 is 0 Å². The fourth-order valence-corrected chi connectivity index (χ4v) is 2.19. The standard InChI is InChI=1S/C14H17BrO4/c1-5-8-6-9(12(16)17)10(7-11(8)15)13(18)19-14(2,3)4/h6-7H,5H2,1-4H3,(H,16,17). The number of carboxylic acids is 1. The van der Waals surface area contributed by atoms with E-state index in [9.17, 15) is 14.7 Å². The van der Waals surface area contributed by atoms with Crippen molar-refractivity contribution in [1.29, 1.82) is 0 Å². The van der Waals surface area contributed by atoms with Gasteiger partial charge in [-0.15, -0.1) is 0 Å². The molecule has 0 aliphatic rings. The normalized spacial score (nSPS) is 11.2. The fourth-order valence-electron chi connectivity index (χ4n) is 1.57. The van der Waals surface area contributed by atoms with Crippen molar-refractivity contribution in [2.24, 2.45) is 0 Å². The summed E-state index contributed by atoms with van der Waals surface area (Å²) in [6, 6.07) is 3.02. The molecule has 1 N–H and O–H groups in total. The molecule has 0 fully saturated rings. The number of rotatable bonds is 3. The van der Waals surface area contributed by atoms with Crippen LogP contribution >= 0.6 is 15.9 Å². The molecule has 0 aliphatic carbocycles. The Balaban J connectivity index is 3.30. The molecule has 1 aromatic carbocycles. The SMILES string of the molecule is CCc1cc(C(=O)O)c(C(=O)OC(C)(C)C)cc1Br. The van der Waals surface area contributed by atoms with Crippen molar-refractivity contribution in [1.82, 2.24) is 0 Å². The Labute approximate surface area is 120 Å². The van der Waals surface area contributed by atoms with Gasteiger partial charge in [-0.2, -0.15) is 0 Å². The van der Waals surface area contributed by atoms with Crippen LogP contribution in [-0.2, 0) is 11.2 Å². The number of ether oxygens (including phenoxy) is 1. The maximum atomic E-state index is 12.0. The summed E-state index contributed by atoms with van der Waals surface area (Å²) in [6.07, 6.45) is 0.676. The van der Waals surface area contributed by atoms with Crippen molar-refractivity contribution < 1.29 is 19.4 Å². The monoisotopic (exact) mass is 328 g/mol. The van der Waals surface area contributed by atoms with Crippen LogP contribution < -0.4 is 0 Å². The molecule has 0 spiro atoms. The summed E-state index contributed by atoms with van der Waals surface area (Å²) >= 11 is 3.34. The predicted octanol–water partition coefficient (Wildman–Crippen LogP) is 3.67. The molecule has 104 valence electrons. The highest BCUT2D eigenvalue weighted by Crippen LogP contribution is 2.25. The molecule has 0 unspecified atom stereocenters. The van der Waals surface area contributed by atoms with Gasteiger partial charge in [0.25, 0.3) is 0 Å². The molecule has 5 heteroatoms. The lowest BCUT2D eigenvalue weighted by atomic mass is 10.0. The highest BCUT2D eigenvalue weighted by molar-refractivity contribution is 9.10. The van der Waals surface area contributed by atoms with E-state index in [1.165, 1.54) is 12.1 Å². The minimum atomic E-state index is -1.14. The van der Waals surface area contributed by atoms with E-state index in [0.29, 0.717) is 10.9 Å². The molecule has 0 amide bonds. The molecule has 0 atom stereocenters. The Kier molecular flexibility index (Phi) is 4.74. The average molecular weight is 329 g/mol. The number of aryl methyl sites for hydroxylation is 1. The van der Waals surface area contributed by atoms with Crippen molar-refractivity contribution >= 4 is 27.9 Å². The van der Waals surface area contributed by atoms with Gasteiger partial charge in [0.15, 0.2) is 0 Å². The van der Waals surface area contributed by atoms with Crippen molar-refractivity contribution in [2.75, 3.05) is 0 Å². The molecule has 0 bridgehead atoms. The second kappa shape index (κ2) is 5.74. The third-order valence-electron chi connectivity index (χ3n) is 2.42. The summed E-state index contributed by atoms with van der Waals surface area (Å²) in [5.74, 6) is -1.77. The molecule has 0 saturated heterocycles. The van der Waals surface area contributed by atoms with Crippen molar-refractivity contribution in [3.8, 4) is 0 Å². The summed E-state index contributed by atoms with van der Waals surface area (Å²) < 4.78 is 5.93. The smallest absolute Gasteiger partial charge is 0.339 e. The highest BCUT2D eigenvalue weighted by Gasteiger charge is 2.24. The quantitative estimate of drug-likeness (QED) is 0.860. The van der Waals surface area contributed by atoms with E-state index in [0.717, 1.165) is 5.56 Å². The van der Waals surface area contributed by atoms with E-state index < -0.39 is 17.5 Å². The Morgan fingerprint density at radius 3 is 2.26 bits per heavy atom. The molecule has 0 aromatic heterocycles. The van der Waals surface area contributed by atoms with Crippen molar-refractivity contribution in [2.45, 2.75) is 39.7 Å². The Morgan fingerprint density at radius 2 is 1.84 bits per heavy atom. The molecule has 4 nitrogen and oxygen atoms in total. The summed E-state index contributed by atoms with van der Waals surface area (Å²) in [5, 5.41) is 9.20. The molecule has 19 heavy (non-hydrogen) atoms. The van der Waals surface area contributed by atoms with Crippen LogP contribution in [0.5, 0.6) is 0 Å². The molecule has 1 rings (SSSR count). The van der Waals surface area contributed by atoms with Crippen LogP contribution in [0.1, 0.15) is 54.0 Å². The summed E-state index contributed by atoms with van der Waals surface area (Å²) in [5.41, 5.74) is 0.202. The number of benzene rings is 1. The average Bonchev–Trinajstić information content (AvgIpc) is 2.25. The number of halogens is 1. The molecule has 0 heterocycles. The van der Waals surface area contributed by atoms with Crippen LogP contribution in [0.4, 0.5) is 0 Å². The van der Waals surface area contributed by atoms with E-state index in [4.69, 9.17) is 4.74 Å². The Bertz CT molecular complexity index is 515. The Hall–Kier alpha value is -1.36. The van der Waals surface area contributed by atoms with Crippen LogP contribution in [0, 0.1) is 0 Å².